The molecule has 2 aliphatic carbocycles. The van der Waals surface area contributed by atoms with Gasteiger partial charge < -0.3 is 34.3 Å². The maximum Gasteiger partial charge on any atom is 0.327 e. The van der Waals surface area contributed by atoms with Gasteiger partial charge in [0.1, 0.15) is 41.5 Å². The number of halogens is 1. The second-order valence-corrected chi connectivity index (χ2v) is 17.5. The highest BCUT2D eigenvalue weighted by Crippen LogP contribution is 2.59. The van der Waals surface area contributed by atoms with E-state index in [1.807, 2.05) is 36.4 Å². The molecule has 4 saturated heterocycles. The Balaban J connectivity index is 1.08. The van der Waals surface area contributed by atoms with Crippen molar-refractivity contribution in [2.75, 3.05) is 13.2 Å². The number of aliphatic hydroxyl groups excluding tert-OH is 1. The number of hydroxylamine groups is 2. The predicted octanol–water partition coefficient (Wildman–Crippen LogP) is 2.96. The van der Waals surface area contributed by atoms with E-state index in [1.54, 1.807) is 30.7 Å². The molecule has 4 aliphatic heterocycles. The van der Waals surface area contributed by atoms with Gasteiger partial charge in [0.15, 0.2) is 11.8 Å². The number of nitrogens with zero attached hydrogens (tertiary/aromatic N) is 2. The zero-order valence-corrected chi connectivity index (χ0v) is 32.3. The lowest BCUT2D eigenvalue weighted by molar-refractivity contribution is -0.218. The number of hydrogen-bond donors (Lipinski definition) is 2. The Morgan fingerprint density at radius 2 is 1.81 bits per heavy atom. The van der Waals surface area contributed by atoms with E-state index in [0.717, 1.165) is 20.3 Å². The van der Waals surface area contributed by atoms with Crippen molar-refractivity contribution in [1.29, 1.82) is 0 Å². The molecule has 0 radical (unpaired) electrons. The molecule has 2 N–H and O–H groups in total. The molecule has 2 aromatic carbocycles. The Morgan fingerprint density at radius 3 is 2.51 bits per heavy atom. The molecule has 2 bridgehead atoms. The molecule has 1 spiro atoms. The van der Waals surface area contributed by atoms with E-state index in [2.05, 4.69) is 40.0 Å². The van der Waals surface area contributed by atoms with Gasteiger partial charge in [0.05, 0.1) is 19.2 Å². The molecule has 14 heteroatoms. The molecule has 4 heterocycles. The number of esters is 2. The predicted molar refractivity (Wildman–Crippen MR) is 195 cm³/mol. The average Bonchev–Trinajstić information content (AvgIpc) is 3.89. The number of hydrogen-bond acceptors (Lipinski definition) is 11. The first kappa shape index (κ1) is 36.8. The molecular weight excluding hydrogens is 797 g/mol. The molecule has 2 aromatic rings. The summed E-state index contributed by atoms with van der Waals surface area (Å²) in [6.45, 7) is 5.47. The van der Waals surface area contributed by atoms with Crippen LogP contribution in [0, 0.1) is 8.99 Å². The van der Waals surface area contributed by atoms with Crippen LogP contribution in [0.2, 0.25) is 0 Å². The smallest absolute Gasteiger partial charge is 0.327 e. The summed E-state index contributed by atoms with van der Waals surface area (Å²) in [7, 11) is 0. The van der Waals surface area contributed by atoms with Crippen molar-refractivity contribution in [3.63, 3.8) is 0 Å². The molecule has 284 valence electrons. The highest BCUT2D eigenvalue weighted by Gasteiger charge is 2.77. The highest BCUT2D eigenvalue weighted by atomic mass is 127. The summed E-state index contributed by atoms with van der Waals surface area (Å²) in [5.41, 5.74) is 1.08. The van der Waals surface area contributed by atoms with Crippen LogP contribution in [-0.2, 0) is 62.3 Å². The quantitative estimate of drug-likeness (QED) is 0.283. The minimum absolute atomic E-state index is 0.0108. The van der Waals surface area contributed by atoms with Crippen molar-refractivity contribution in [2.24, 2.45) is 5.41 Å². The van der Waals surface area contributed by atoms with Gasteiger partial charge in [0, 0.05) is 35.8 Å². The van der Waals surface area contributed by atoms with E-state index in [1.165, 1.54) is 0 Å². The van der Waals surface area contributed by atoms with Crippen molar-refractivity contribution in [1.82, 2.24) is 15.3 Å². The Labute approximate surface area is 322 Å². The lowest BCUT2D eigenvalue weighted by atomic mass is 9.62. The Kier molecular flexibility index (Phi) is 9.62. The minimum Gasteiger partial charge on any atom is -0.460 e. The third kappa shape index (κ3) is 6.66. The molecule has 1 saturated carbocycles. The number of amides is 2. The van der Waals surface area contributed by atoms with Crippen molar-refractivity contribution in [3.8, 4) is 0 Å². The third-order valence-corrected chi connectivity index (χ3v) is 12.1. The van der Waals surface area contributed by atoms with Crippen LogP contribution in [0.25, 0.3) is 0 Å². The van der Waals surface area contributed by atoms with Crippen LogP contribution in [0.15, 0.2) is 48.5 Å². The number of likely N-dealkylation sites (tertiary alicyclic amines) is 1. The largest absolute Gasteiger partial charge is 0.460 e. The summed E-state index contributed by atoms with van der Waals surface area (Å²) in [4.78, 5) is 64.1. The number of ether oxygens (including phenoxy) is 4. The van der Waals surface area contributed by atoms with E-state index in [0.29, 0.717) is 32.2 Å². The average molecular weight is 844 g/mol. The monoisotopic (exact) mass is 843 g/mol. The van der Waals surface area contributed by atoms with Crippen LogP contribution >= 0.6 is 22.6 Å². The third-order valence-electron chi connectivity index (χ3n) is 11.4. The van der Waals surface area contributed by atoms with Crippen LogP contribution < -0.4 is 5.32 Å². The number of nitrogens with one attached hydrogen (secondary N) is 1. The summed E-state index contributed by atoms with van der Waals surface area (Å²) in [6.07, 6.45) is -0.643. The second kappa shape index (κ2) is 13.9. The van der Waals surface area contributed by atoms with Gasteiger partial charge in [0.2, 0.25) is 11.8 Å². The van der Waals surface area contributed by atoms with Gasteiger partial charge >= 0.3 is 11.9 Å². The van der Waals surface area contributed by atoms with E-state index in [-0.39, 0.29) is 38.3 Å². The first-order chi connectivity index (χ1) is 25.3. The molecule has 8 rings (SSSR count). The fourth-order valence-electron chi connectivity index (χ4n) is 9.30. The van der Waals surface area contributed by atoms with E-state index >= 15 is 4.79 Å². The summed E-state index contributed by atoms with van der Waals surface area (Å²) in [5.74, 6) is -2.76. The molecule has 13 nitrogen and oxygen atoms in total. The number of benzene rings is 2. The van der Waals surface area contributed by atoms with Crippen LogP contribution in [0.3, 0.4) is 0 Å². The van der Waals surface area contributed by atoms with Gasteiger partial charge in [-0.25, -0.2) is 0 Å². The van der Waals surface area contributed by atoms with Crippen molar-refractivity contribution < 1.29 is 48.1 Å². The fraction of sp³-hybridized carbons (Fsp3) is 0.590. The zero-order valence-electron chi connectivity index (χ0n) is 30.1. The lowest BCUT2D eigenvalue weighted by Gasteiger charge is -2.50. The SMILES string of the molecule is CC(C)(C)OC(=O)CCC(CO)NC(=O)C1CCCN1C(=O)C12CC3OC(=O)C1N(Cc1cccc(I)c1)OC2C1OC2(Cc4ccccc4C2)OC31. The van der Waals surface area contributed by atoms with Crippen molar-refractivity contribution in [2.45, 2.75) is 126 Å². The van der Waals surface area contributed by atoms with Crippen LogP contribution in [0.4, 0.5) is 0 Å². The van der Waals surface area contributed by atoms with Gasteiger partial charge in [-0.1, -0.05) is 36.4 Å². The van der Waals surface area contributed by atoms with Gasteiger partial charge in [0.25, 0.3) is 0 Å². The van der Waals surface area contributed by atoms with E-state index in [4.69, 9.17) is 23.8 Å². The fourth-order valence-corrected chi connectivity index (χ4v) is 9.90. The van der Waals surface area contributed by atoms with Gasteiger partial charge in [-0.15, -0.1) is 0 Å². The van der Waals surface area contributed by atoms with Crippen molar-refractivity contribution >= 4 is 46.3 Å². The minimum atomic E-state index is -1.42. The summed E-state index contributed by atoms with van der Waals surface area (Å²) < 4.78 is 26.2. The number of carbonyl (C=O) groups excluding carboxylic acids is 4. The summed E-state index contributed by atoms with van der Waals surface area (Å²) in [6, 6.07) is 13.3. The van der Waals surface area contributed by atoms with Crippen LogP contribution in [0.1, 0.15) is 69.6 Å². The molecule has 53 heavy (non-hydrogen) atoms. The maximum atomic E-state index is 15.3. The normalized spacial score (nSPS) is 31.6. The molecule has 0 aromatic heterocycles. The molecule has 6 aliphatic rings. The zero-order chi connectivity index (χ0) is 37.3. The van der Waals surface area contributed by atoms with Gasteiger partial charge in [-0.05, 0) is 91.4 Å². The Hall–Kier alpha value is -3.15. The Bertz CT molecular complexity index is 1780. The number of carbonyl (C=O) groups is 4. The molecule has 8 atom stereocenters. The number of aliphatic hydroxyl groups is 1. The van der Waals surface area contributed by atoms with Crippen LogP contribution in [0.5, 0.6) is 0 Å². The first-order valence-corrected chi connectivity index (χ1v) is 19.6. The van der Waals surface area contributed by atoms with E-state index < -0.39 is 77.2 Å². The van der Waals surface area contributed by atoms with Gasteiger partial charge in [-0.2, -0.15) is 5.06 Å². The summed E-state index contributed by atoms with van der Waals surface area (Å²) in [5, 5.41) is 14.6. The Morgan fingerprint density at radius 1 is 1.08 bits per heavy atom. The van der Waals surface area contributed by atoms with Crippen LogP contribution in [-0.4, -0.2) is 106 Å². The standard InChI is InChI=1S/C39H46IN3O10/c1-37(2,3)50-29(45)14-13-26(21-44)41-34(46)27-12-7-15-42(27)36(48)39-19-28-30-31(52-38(51-30)17-23-9-4-5-10-24(23)18-38)33(39)53-43(32(39)35(47)49-28)20-22-8-6-11-25(40)16-22/h4-6,8-11,16,26-28,30-33,44H,7,12-15,17-21H2,1-3H3,(H,41,46). The molecule has 2 amide bonds. The summed E-state index contributed by atoms with van der Waals surface area (Å²) >= 11 is 2.24. The topological polar surface area (TPSA) is 153 Å². The molecule has 5 fully saturated rings. The first-order valence-electron chi connectivity index (χ1n) is 18.5. The maximum absolute atomic E-state index is 15.3. The van der Waals surface area contributed by atoms with E-state index in [9.17, 15) is 19.5 Å². The number of rotatable bonds is 9. The van der Waals surface area contributed by atoms with Gasteiger partial charge in [-0.3, -0.25) is 24.0 Å². The van der Waals surface area contributed by atoms with Crippen molar-refractivity contribution in [3.05, 3.63) is 68.8 Å². The highest BCUT2D eigenvalue weighted by molar-refractivity contribution is 14.1. The molecule has 8 unspecified atom stereocenters. The number of fused-ring (bicyclic) bond motifs is 5. The lowest BCUT2D eigenvalue weighted by Crippen LogP contribution is -2.70. The molecular formula is C39H46IN3O10. The second-order valence-electron chi connectivity index (χ2n) is 16.2.